The summed E-state index contributed by atoms with van der Waals surface area (Å²) in [4.78, 5) is 10.1. The molecule has 2 atom stereocenters. The molecule has 0 aliphatic carbocycles. The first-order valence-electron chi connectivity index (χ1n) is 9.21. The Morgan fingerprint density at radius 2 is 2.04 bits per heavy atom. The number of guanidine groups is 1. The molecule has 1 aromatic heterocycles. The summed E-state index contributed by atoms with van der Waals surface area (Å²) < 4.78 is 6.08. The molecule has 0 bridgehead atoms. The van der Waals surface area contributed by atoms with Gasteiger partial charge in [0.05, 0.1) is 23.4 Å². The van der Waals surface area contributed by atoms with E-state index in [9.17, 15) is 0 Å². The van der Waals surface area contributed by atoms with Crippen molar-refractivity contribution in [3.63, 3.8) is 0 Å². The van der Waals surface area contributed by atoms with Gasteiger partial charge in [-0.1, -0.05) is 30.3 Å². The number of hydrogen-bond acceptors (Lipinski definition) is 4. The number of ether oxygens (including phenoxy) is 1. The first-order chi connectivity index (χ1) is 12.7. The van der Waals surface area contributed by atoms with Gasteiger partial charge in [-0.15, -0.1) is 35.3 Å². The van der Waals surface area contributed by atoms with E-state index >= 15 is 0 Å². The molecule has 5 nitrogen and oxygen atoms in total. The molecule has 1 saturated heterocycles. The maximum absolute atomic E-state index is 6.08. The minimum atomic E-state index is 0. The van der Waals surface area contributed by atoms with Crippen LogP contribution in [0.2, 0.25) is 0 Å². The monoisotopic (exact) mass is 500 g/mol. The Balaban J connectivity index is 0.00000261. The highest BCUT2D eigenvalue weighted by molar-refractivity contribution is 14.0. The van der Waals surface area contributed by atoms with E-state index in [1.807, 2.05) is 14.0 Å². The molecule has 0 saturated carbocycles. The molecule has 3 rings (SSSR count). The fourth-order valence-electron chi connectivity index (χ4n) is 3.41. The van der Waals surface area contributed by atoms with Crippen LogP contribution in [0.25, 0.3) is 0 Å². The number of nitrogens with one attached hydrogen (secondary N) is 2. The minimum Gasteiger partial charge on any atom is -0.373 e. The van der Waals surface area contributed by atoms with E-state index in [0.29, 0.717) is 5.92 Å². The molecule has 0 spiro atoms. The van der Waals surface area contributed by atoms with Crippen molar-refractivity contribution in [3.05, 3.63) is 51.5 Å². The van der Waals surface area contributed by atoms with Gasteiger partial charge in [0.15, 0.2) is 5.96 Å². The topological polar surface area (TPSA) is 58.5 Å². The molecule has 27 heavy (non-hydrogen) atoms. The maximum atomic E-state index is 6.08. The SMILES string of the molecule is CN=C(NCc1sc(C)nc1C)NCC1CCCOC1c1ccccc1.I. The van der Waals surface area contributed by atoms with E-state index in [1.165, 1.54) is 10.4 Å². The molecule has 148 valence electrons. The molecular weight excluding hydrogens is 471 g/mol. The third-order valence-corrected chi connectivity index (χ3v) is 5.82. The zero-order valence-electron chi connectivity index (χ0n) is 16.2. The Hall–Kier alpha value is -1.19. The lowest BCUT2D eigenvalue weighted by Crippen LogP contribution is -2.41. The van der Waals surface area contributed by atoms with Crippen LogP contribution in [0.4, 0.5) is 0 Å². The van der Waals surface area contributed by atoms with Gasteiger partial charge in [-0.2, -0.15) is 0 Å². The maximum Gasteiger partial charge on any atom is 0.191 e. The van der Waals surface area contributed by atoms with Gasteiger partial charge < -0.3 is 15.4 Å². The Labute approximate surface area is 183 Å². The lowest BCUT2D eigenvalue weighted by molar-refractivity contribution is -0.0265. The number of rotatable bonds is 5. The molecule has 2 aromatic rings. The van der Waals surface area contributed by atoms with Crippen molar-refractivity contribution < 1.29 is 4.74 Å². The first kappa shape index (κ1) is 22.1. The summed E-state index contributed by atoms with van der Waals surface area (Å²) in [5, 5.41) is 7.99. The quantitative estimate of drug-likeness (QED) is 0.367. The Morgan fingerprint density at radius 3 is 2.70 bits per heavy atom. The van der Waals surface area contributed by atoms with Crippen LogP contribution in [0, 0.1) is 19.8 Å². The van der Waals surface area contributed by atoms with Crippen molar-refractivity contribution in [2.45, 2.75) is 39.3 Å². The van der Waals surface area contributed by atoms with Crippen LogP contribution < -0.4 is 10.6 Å². The predicted octanol–water partition coefficient (Wildman–Crippen LogP) is 4.21. The van der Waals surface area contributed by atoms with Crippen molar-refractivity contribution in [1.29, 1.82) is 0 Å². The molecule has 7 heteroatoms. The molecule has 1 aliphatic heterocycles. The van der Waals surface area contributed by atoms with Crippen LogP contribution >= 0.6 is 35.3 Å². The number of aromatic nitrogens is 1. The van der Waals surface area contributed by atoms with Crippen LogP contribution in [0.5, 0.6) is 0 Å². The number of hydrogen-bond donors (Lipinski definition) is 2. The third-order valence-electron chi connectivity index (χ3n) is 4.74. The summed E-state index contributed by atoms with van der Waals surface area (Å²) in [6.45, 7) is 6.54. The molecule has 1 aromatic carbocycles. The van der Waals surface area contributed by atoms with E-state index in [0.717, 1.165) is 49.2 Å². The van der Waals surface area contributed by atoms with E-state index in [-0.39, 0.29) is 30.1 Å². The van der Waals surface area contributed by atoms with Gasteiger partial charge >= 0.3 is 0 Å². The second kappa shape index (κ2) is 11.0. The summed E-state index contributed by atoms with van der Waals surface area (Å²) in [5.74, 6) is 1.27. The molecule has 2 unspecified atom stereocenters. The van der Waals surface area contributed by atoms with E-state index in [2.05, 4.69) is 57.9 Å². The fraction of sp³-hybridized carbons (Fsp3) is 0.500. The van der Waals surface area contributed by atoms with Crippen molar-refractivity contribution in [2.75, 3.05) is 20.2 Å². The molecule has 1 fully saturated rings. The van der Waals surface area contributed by atoms with Gasteiger partial charge in [-0.05, 0) is 32.3 Å². The Morgan fingerprint density at radius 1 is 1.26 bits per heavy atom. The second-order valence-electron chi connectivity index (χ2n) is 6.65. The summed E-state index contributed by atoms with van der Waals surface area (Å²) in [6, 6.07) is 10.5. The number of nitrogens with zero attached hydrogens (tertiary/aromatic N) is 2. The van der Waals surface area contributed by atoms with Crippen LogP contribution in [0.15, 0.2) is 35.3 Å². The van der Waals surface area contributed by atoms with E-state index in [4.69, 9.17) is 4.74 Å². The van der Waals surface area contributed by atoms with Crippen molar-refractivity contribution in [3.8, 4) is 0 Å². The molecule has 0 radical (unpaired) electrons. The standard InChI is InChI=1S/C20H28N4OS.HI/c1-14-18(26-15(2)24-14)13-23-20(21-3)22-12-17-10-7-11-25-19(17)16-8-5-4-6-9-16;/h4-6,8-9,17,19H,7,10-13H2,1-3H3,(H2,21,22,23);1H. The number of aryl methyl sites for hydroxylation is 2. The summed E-state index contributed by atoms with van der Waals surface area (Å²) >= 11 is 1.73. The molecule has 2 heterocycles. The zero-order valence-corrected chi connectivity index (χ0v) is 19.3. The number of halogens is 1. The third kappa shape index (κ3) is 6.15. The average molecular weight is 500 g/mol. The summed E-state index contributed by atoms with van der Waals surface area (Å²) in [7, 11) is 1.81. The van der Waals surface area contributed by atoms with E-state index < -0.39 is 0 Å². The fourth-order valence-corrected chi connectivity index (χ4v) is 4.29. The van der Waals surface area contributed by atoms with Gasteiger partial charge in [0.1, 0.15) is 0 Å². The number of benzene rings is 1. The molecule has 1 aliphatic rings. The van der Waals surface area contributed by atoms with Crippen molar-refractivity contribution in [2.24, 2.45) is 10.9 Å². The van der Waals surface area contributed by atoms with Crippen LogP contribution in [0.3, 0.4) is 0 Å². The smallest absolute Gasteiger partial charge is 0.191 e. The highest BCUT2D eigenvalue weighted by atomic mass is 127. The van der Waals surface area contributed by atoms with Crippen molar-refractivity contribution in [1.82, 2.24) is 15.6 Å². The van der Waals surface area contributed by atoms with Crippen LogP contribution in [-0.4, -0.2) is 31.1 Å². The summed E-state index contributed by atoms with van der Waals surface area (Å²) in [6.07, 6.45) is 2.43. The molecule has 0 amide bonds. The highest BCUT2D eigenvalue weighted by Gasteiger charge is 2.27. The first-order valence-corrected chi connectivity index (χ1v) is 10.0. The van der Waals surface area contributed by atoms with Gasteiger partial charge in [0.25, 0.3) is 0 Å². The van der Waals surface area contributed by atoms with Gasteiger partial charge in [-0.3, -0.25) is 4.99 Å². The zero-order chi connectivity index (χ0) is 18.4. The van der Waals surface area contributed by atoms with Gasteiger partial charge in [0.2, 0.25) is 0 Å². The number of aliphatic imine (C=N–C) groups is 1. The van der Waals surface area contributed by atoms with Crippen molar-refractivity contribution >= 4 is 41.3 Å². The van der Waals surface area contributed by atoms with Gasteiger partial charge in [0, 0.05) is 31.0 Å². The lowest BCUT2D eigenvalue weighted by Gasteiger charge is -2.32. The molecular formula is C20H29IN4OS. The summed E-state index contributed by atoms with van der Waals surface area (Å²) in [5.41, 5.74) is 2.36. The Bertz CT molecular complexity index is 735. The normalized spacial score (nSPS) is 20.0. The Kier molecular flexibility index (Phi) is 8.98. The predicted molar refractivity (Wildman–Crippen MR) is 123 cm³/mol. The lowest BCUT2D eigenvalue weighted by atomic mass is 9.89. The van der Waals surface area contributed by atoms with Crippen LogP contribution in [-0.2, 0) is 11.3 Å². The number of thiazole rings is 1. The minimum absolute atomic E-state index is 0. The highest BCUT2D eigenvalue weighted by Crippen LogP contribution is 2.33. The van der Waals surface area contributed by atoms with Gasteiger partial charge in [-0.25, -0.2) is 4.98 Å². The van der Waals surface area contributed by atoms with Crippen LogP contribution in [0.1, 0.15) is 40.1 Å². The molecule has 2 N–H and O–H groups in total. The van der Waals surface area contributed by atoms with E-state index in [1.54, 1.807) is 11.3 Å². The second-order valence-corrected chi connectivity index (χ2v) is 7.94. The average Bonchev–Trinajstić information content (AvgIpc) is 3.00. The largest absolute Gasteiger partial charge is 0.373 e.